The molecule has 0 saturated heterocycles. The monoisotopic (exact) mass is 273 g/mol. The van der Waals surface area contributed by atoms with Crippen molar-refractivity contribution >= 4 is 27.0 Å². The summed E-state index contributed by atoms with van der Waals surface area (Å²) in [7, 11) is 0. The molecule has 0 aliphatic heterocycles. The highest BCUT2D eigenvalue weighted by Crippen LogP contribution is 2.31. The molecule has 0 fully saturated rings. The predicted octanol–water partition coefficient (Wildman–Crippen LogP) is 2.57. The molecule has 76 valence electrons. The zero-order chi connectivity index (χ0) is 10.1. The molecule has 0 heterocycles. The van der Waals surface area contributed by atoms with Gasteiger partial charge in [0, 0.05) is 9.37 Å². The van der Waals surface area contributed by atoms with Gasteiger partial charge in [-0.05, 0) is 60.0 Å². The van der Waals surface area contributed by atoms with Gasteiger partial charge in [0.25, 0.3) is 0 Å². The van der Waals surface area contributed by atoms with Crippen molar-refractivity contribution in [3.63, 3.8) is 0 Å². The molecule has 2 rings (SSSR count). The molecule has 0 spiro atoms. The number of benzene rings is 1. The quantitative estimate of drug-likeness (QED) is 0.738. The Hall–Kier alpha value is -0.190. The van der Waals surface area contributed by atoms with Crippen LogP contribution in [0.5, 0.6) is 0 Å². The molecule has 0 aromatic heterocycles. The normalized spacial score (nSPS) is 17.6. The number of hydrogen-bond donors (Lipinski definition) is 0. The fraction of sp³-hybridized carbons (Fsp3) is 0.400. The second kappa shape index (κ2) is 4.13. The van der Waals surface area contributed by atoms with Gasteiger partial charge in [-0.2, -0.15) is 0 Å². The summed E-state index contributed by atoms with van der Waals surface area (Å²) in [6.45, 7) is 0. The van der Waals surface area contributed by atoms with Crippen molar-refractivity contribution in [2.75, 3.05) is 0 Å². The van der Waals surface area contributed by atoms with E-state index in [0.29, 0.717) is 4.90 Å². The van der Waals surface area contributed by atoms with E-state index < -0.39 is 11.1 Å². The Morgan fingerprint density at radius 1 is 1.21 bits per heavy atom. The smallest absolute Gasteiger partial charge is 0.0284 e. The van der Waals surface area contributed by atoms with E-state index >= 15 is 0 Å². The lowest BCUT2D eigenvalue weighted by molar-refractivity contribution is 0.534. The van der Waals surface area contributed by atoms with Crippen LogP contribution in [0.1, 0.15) is 24.0 Å². The molecule has 1 atom stereocenters. The molecule has 0 radical (unpaired) electrons. The highest BCUT2D eigenvalue weighted by molar-refractivity contribution is 9.10. The Bertz CT molecular complexity index is 390. The maximum Gasteiger partial charge on any atom is 0.0284 e. The summed E-state index contributed by atoms with van der Waals surface area (Å²) < 4.78 is 23.0. The molecule has 1 unspecified atom stereocenters. The first-order valence-electron chi connectivity index (χ1n) is 4.59. The molecule has 1 aliphatic rings. The first-order valence-corrected chi connectivity index (χ1v) is 6.46. The minimum Gasteiger partial charge on any atom is -0.768 e. The minimum absolute atomic E-state index is 0.475. The zero-order valence-electron chi connectivity index (χ0n) is 7.59. The van der Waals surface area contributed by atoms with Crippen LogP contribution in [0.4, 0.5) is 0 Å². The van der Waals surface area contributed by atoms with E-state index in [9.17, 15) is 8.76 Å². The first-order chi connectivity index (χ1) is 6.70. The number of rotatable bonds is 1. The van der Waals surface area contributed by atoms with Crippen LogP contribution in [0, 0.1) is 0 Å². The molecule has 1 aromatic carbocycles. The van der Waals surface area contributed by atoms with Crippen molar-refractivity contribution in [3.8, 4) is 0 Å². The third-order valence-electron chi connectivity index (χ3n) is 2.61. The third kappa shape index (κ3) is 1.78. The highest BCUT2D eigenvalue weighted by atomic mass is 79.9. The predicted molar refractivity (Wildman–Crippen MR) is 58.0 cm³/mol. The van der Waals surface area contributed by atoms with Crippen LogP contribution in [-0.2, 0) is 23.9 Å². The van der Waals surface area contributed by atoms with E-state index in [4.69, 9.17) is 0 Å². The van der Waals surface area contributed by atoms with Crippen molar-refractivity contribution < 1.29 is 8.76 Å². The van der Waals surface area contributed by atoms with Crippen molar-refractivity contribution in [1.29, 1.82) is 0 Å². The molecular weight excluding hydrogens is 264 g/mol. The number of halogens is 1. The summed E-state index contributed by atoms with van der Waals surface area (Å²) in [5.41, 5.74) is 2.19. The molecule has 14 heavy (non-hydrogen) atoms. The Balaban J connectivity index is 2.59. The maximum absolute atomic E-state index is 11.0. The first kappa shape index (κ1) is 10.3. The van der Waals surface area contributed by atoms with Crippen molar-refractivity contribution in [1.82, 2.24) is 0 Å². The van der Waals surface area contributed by atoms with Crippen LogP contribution in [-0.4, -0.2) is 8.76 Å². The van der Waals surface area contributed by atoms with E-state index in [2.05, 4.69) is 15.9 Å². The zero-order valence-corrected chi connectivity index (χ0v) is 9.99. The number of hydrogen-bond acceptors (Lipinski definition) is 2. The van der Waals surface area contributed by atoms with Gasteiger partial charge in [-0.15, -0.1) is 0 Å². The lowest BCUT2D eigenvalue weighted by Gasteiger charge is -2.21. The molecule has 1 aliphatic carbocycles. The average Bonchev–Trinajstić information content (AvgIpc) is 2.18. The molecule has 0 saturated carbocycles. The van der Waals surface area contributed by atoms with Crippen LogP contribution in [0.25, 0.3) is 0 Å². The summed E-state index contributed by atoms with van der Waals surface area (Å²) in [4.78, 5) is 0.475. The SMILES string of the molecule is O=S([O-])c1ccc(Br)c2c1CCCC2. The Morgan fingerprint density at radius 3 is 2.50 bits per heavy atom. The van der Waals surface area contributed by atoms with Crippen molar-refractivity contribution in [2.24, 2.45) is 0 Å². The highest BCUT2D eigenvalue weighted by Gasteiger charge is 2.15. The fourth-order valence-electron chi connectivity index (χ4n) is 1.95. The Morgan fingerprint density at radius 2 is 1.86 bits per heavy atom. The van der Waals surface area contributed by atoms with Gasteiger partial charge in [-0.1, -0.05) is 15.9 Å². The molecule has 0 amide bonds. The van der Waals surface area contributed by atoms with Crippen LogP contribution in [0.15, 0.2) is 21.5 Å². The van der Waals surface area contributed by atoms with Crippen LogP contribution in [0.3, 0.4) is 0 Å². The lowest BCUT2D eigenvalue weighted by atomic mass is 9.92. The van der Waals surface area contributed by atoms with Gasteiger partial charge in [-0.25, -0.2) is 0 Å². The minimum atomic E-state index is -2.10. The van der Waals surface area contributed by atoms with Gasteiger partial charge in [0.05, 0.1) is 0 Å². The van der Waals surface area contributed by atoms with E-state index in [1.807, 2.05) is 6.07 Å². The van der Waals surface area contributed by atoms with E-state index in [0.717, 1.165) is 35.7 Å². The maximum atomic E-state index is 11.0. The van der Waals surface area contributed by atoms with Crippen molar-refractivity contribution in [2.45, 2.75) is 30.6 Å². The van der Waals surface area contributed by atoms with Crippen LogP contribution < -0.4 is 0 Å². The Labute approximate surface area is 94.1 Å². The molecule has 0 bridgehead atoms. The summed E-state index contributed by atoms with van der Waals surface area (Å²) in [5, 5.41) is 0. The lowest BCUT2D eigenvalue weighted by Crippen LogP contribution is -2.08. The van der Waals surface area contributed by atoms with Gasteiger partial charge >= 0.3 is 0 Å². The van der Waals surface area contributed by atoms with E-state index in [-0.39, 0.29) is 0 Å². The second-order valence-corrected chi connectivity index (χ2v) is 5.21. The van der Waals surface area contributed by atoms with E-state index in [1.54, 1.807) is 6.07 Å². The van der Waals surface area contributed by atoms with Gasteiger partial charge < -0.3 is 4.55 Å². The van der Waals surface area contributed by atoms with Crippen molar-refractivity contribution in [3.05, 3.63) is 27.7 Å². The summed E-state index contributed by atoms with van der Waals surface area (Å²) in [6, 6.07) is 3.51. The average molecular weight is 274 g/mol. The molecular formula is C10H10BrO2S-. The van der Waals surface area contributed by atoms with Crippen LogP contribution in [0.2, 0.25) is 0 Å². The topological polar surface area (TPSA) is 40.1 Å². The standard InChI is InChI=1S/C10H11BrO2S/c11-9-5-6-10(14(12)13)8-4-2-1-3-7(8)9/h5-6H,1-4H2,(H,12,13)/p-1. The second-order valence-electron chi connectivity index (χ2n) is 3.44. The van der Waals surface area contributed by atoms with Gasteiger partial charge in [0.15, 0.2) is 0 Å². The summed E-state index contributed by atoms with van der Waals surface area (Å²) in [6.07, 6.45) is 4.12. The third-order valence-corrected chi connectivity index (χ3v) is 4.10. The Kier molecular flexibility index (Phi) is 3.04. The van der Waals surface area contributed by atoms with E-state index in [1.165, 1.54) is 5.56 Å². The number of fused-ring (bicyclic) bond motifs is 1. The fourth-order valence-corrected chi connectivity index (χ4v) is 3.12. The molecule has 4 heteroatoms. The van der Waals surface area contributed by atoms with Gasteiger partial charge in [0.2, 0.25) is 0 Å². The molecule has 0 N–H and O–H groups in total. The van der Waals surface area contributed by atoms with Gasteiger partial charge in [0.1, 0.15) is 0 Å². The summed E-state index contributed by atoms with van der Waals surface area (Å²) >= 11 is 1.37. The molecule has 1 aromatic rings. The molecule has 2 nitrogen and oxygen atoms in total. The van der Waals surface area contributed by atoms with Crippen LogP contribution >= 0.6 is 15.9 Å². The summed E-state index contributed by atoms with van der Waals surface area (Å²) in [5.74, 6) is 0. The largest absolute Gasteiger partial charge is 0.768 e. The van der Waals surface area contributed by atoms with Gasteiger partial charge in [-0.3, -0.25) is 4.21 Å².